The van der Waals surface area contributed by atoms with Crippen molar-refractivity contribution in [2.24, 2.45) is 5.73 Å². The van der Waals surface area contributed by atoms with Crippen LogP contribution >= 0.6 is 0 Å². The highest BCUT2D eigenvalue weighted by Gasteiger charge is 2.27. The lowest BCUT2D eigenvalue weighted by atomic mass is 9.82. The van der Waals surface area contributed by atoms with Crippen molar-refractivity contribution in [2.75, 3.05) is 6.61 Å². The molecule has 2 rings (SSSR count). The van der Waals surface area contributed by atoms with Gasteiger partial charge in [-0.1, -0.05) is 26.8 Å². The molecule has 1 heterocycles. The van der Waals surface area contributed by atoms with Crippen LogP contribution in [0.15, 0.2) is 12.1 Å². The standard InChI is InChI=1S/C18H27NO2/c1-12(19)6-5-7-13-10-14-16(20)8-9-21-17(14)15(11-13)18(2,3)4/h10-12H,5-9,19H2,1-4H3/t12-/m0/s1. The molecule has 0 saturated carbocycles. The van der Waals surface area contributed by atoms with Crippen molar-refractivity contribution in [2.45, 2.75) is 64.8 Å². The van der Waals surface area contributed by atoms with Crippen LogP contribution in [0.5, 0.6) is 5.75 Å². The smallest absolute Gasteiger partial charge is 0.170 e. The number of Topliss-reactive ketones (excluding diaryl/α,β-unsaturated/α-hetero) is 1. The highest BCUT2D eigenvalue weighted by Crippen LogP contribution is 2.38. The highest BCUT2D eigenvalue weighted by atomic mass is 16.5. The molecule has 3 heteroatoms. The summed E-state index contributed by atoms with van der Waals surface area (Å²) in [6, 6.07) is 4.46. The Balaban J connectivity index is 2.35. The zero-order valence-corrected chi connectivity index (χ0v) is 13.7. The van der Waals surface area contributed by atoms with Gasteiger partial charge < -0.3 is 10.5 Å². The summed E-state index contributed by atoms with van der Waals surface area (Å²) < 4.78 is 5.81. The number of ether oxygens (including phenoxy) is 1. The first kappa shape index (κ1) is 16.0. The van der Waals surface area contributed by atoms with Crippen LogP contribution in [0.3, 0.4) is 0 Å². The van der Waals surface area contributed by atoms with Crippen molar-refractivity contribution in [3.63, 3.8) is 0 Å². The number of hydrogen-bond acceptors (Lipinski definition) is 3. The van der Waals surface area contributed by atoms with E-state index in [4.69, 9.17) is 10.5 Å². The van der Waals surface area contributed by atoms with E-state index in [-0.39, 0.29) is 17.2 Å². The van der Waals surface area contributed by atoms with Gasteiger partial charge >= 0.3 is 0 Å². The molecular formula is C18H27NO2. The Morgan fingerprint density at radius 1 is 1.33 bits per heavy atom. The van der Waals surface area contributed by atoms with Gasteiger partial charge in [0.15, 0.2) is 5.78 Å². The average molecular weight is 289 g/mol. The van der Waals surface area contributed by atoms with Crippen LogP contribution in [-0.4, -0.2) is 18.4 Å². The molecule has 1 aliphatic rings. The summed E-state index contributed by atoms with van der Waals surface area (Å²) in [5, 5.41) is 0. The van der Waals surface area contributed by atoms with Gasteiger partial charge in [-0.2, -0.15) is 0 Å². The van der Waals surface area contributed by atoms with Crippen LogP contribution in [0.1, 0.15) is 68.4 Å². The van der Waals surface area contributed by atoms with E-state index in [2.05, 4.69) is 26.8 Å². The zero-order valence-electron chi connectivity index (χ0n) is 13.7. The summed E-state index contributed by atoms with van der Waals surface area (Å²) in [4.78, 5) is 12.2. The minimum Gasteiger partial charge on any atom is -0.492 e. The molecule has 0 spiro atoms. The largest absolute Gasteiger partial charge is 0.492 e. The topological polar surface area (TPSA) is 52.3 Å². The first-order valence-corrected chi connectivity index (χ1v) is 7.88. The first-order valence-electron chi connectivity index (χ1n) is 7.88. The van der Waals surface area contributed by atoms with Gasteiger partial charge in [0.25, 0.3) is 0 Å². The van der Waals surface area contributed by atoms with E-state index in [1.54, 1.807) is 0 Å². The lowest BCUT2D eigenvalue weighted by Crippen LogP contribution is -2.22. The third kappa shape index (κ3) is 3.85. The molecule has 3 nitrogen and oxygen atoms in total. The van der Waals surface area contributed by atoms with E-state index in [0.29, 0.717) is 13.0 Å². The fourth-order valence-electron chi connectivity index (χ4n) is 2.76. The number of aryl methyl sites for hydroxylation is 1. The monoisotopic (exact) mass is 289 g/mol. The molecule has 1 aromatic rings. The SMILES string of the molecule is C[C@H](N)CCCc1cc2c(c(C(C)(C)C)c1)OCCC2=O. The Morgan fingerprint density at radius 2 is 2.05 bits per heavy atom. The van der Waals surface area contributed by atoms with Crippen molar-refractivity contribution >= 4 is 5.78 Å². The maximum atomic E-state index is 12.2. The Kier molecular flexibility index (Phi) is 4.72. The molecule has 21 heavy (non-hydrogen) atoms. The molecule has 0 amide bonds. The Labute approximate surface area is 127 Å². The fraction of sp³-hybridized carbons (Fsp3) is 0.611. The van der Waals surface area contributed by atoms with Crippen molar-refractivity contribution in [3.8, 4) is 5.75 Å². The molecule has 0 aliphatic carbocycles. The van der Waals surface area contributed by atoms with Gasteiger partial charge in [0.1, 0.15) is 5.75 Å². The summed E-state index contributed by atoms with van der Waals surface area (Å²) in [5.41, 5.74) is 8.92. The summed E-state index contributed by atoms with van der Waals surface area (Å²) in [6.45, 7) is 9.02. The molecule has 1 aliphatic heterocycles. The van der Waals surface area contributed by atoms with E-state index in [9.17, 15) is 4.79 Å². The molecule has 0 saturated heterocycles. The van der Waals surface area contributed by atoms with Crippen LogP contribution in [0.4, 0.5) is 0 Å². The Hall–Kier alpha value is -1.35. The van der Waals surface area contributed by atoms with Crippen molar-refractivity contribution in [3.05, 3.63) is 28.8 Å². The molecule has 116 valence electrons. The second-order valence-electron chi connectivity index (χ2n) is 7.16. The first-order chi connectivity index (χ1) is 9.79. The van der Waals surface area contributed by atoms with Crippen LogP contribution in [0.2, 0.25) is 0 Å². The number of rotatable bonds is 4. The third-order valence-corrected chi connectivity index (χ3v) is 3.96. The quantitative estimate of drug-likeness (QED) is 0.921. The van der Waals surface area contributed by atoms with Crippen LogP contribution < -0.4 is 10.5 Å². The lowest BCUT2D eigenvalue weighted by Gasteiger charge is -2.28. The van der Waals surface area contributed by atoms with Crippen molar-refractivity contribution in [1.29, 1.82) is 0 Å². The van der Waals surface area contributed by atoms with Gasteiger partial charge in [-0.05, 0) is 43.2 Å². The van der Waals surface area contributed by atoms with Crippen molar-refractivity contribution in [1.82, 2.24) is 0 Å². The summed E-state index contributed by atoms with van der Waals surface area (Å²) in [5.74, 6) is 1.01. The Bertz CT molecular complexity index is 527. The molecular weight excluding hydrogens is 262 g/mol. The van der Waals surface area contributed by atoms with E-state index in [1.165, 1.54) is 5.56 Å². The summed E-state index contributed by atoms with van der Waals surface area (Å²) in [6.07, 6.45) is 3.51. The van der Waals surface area contributed by atoms with Gasteiger partial charge in [-0.25, -0.2) is 0 Å². The van der Waals surface area contributed by atoms with Crippen LogP contribution in [0, 0.1) is 0 Å². The molecule has 0 aromatic heterocycles. The predicted molar refractivity (Wildman–Crippen MR) is 86.2 cm³/mol. The molecule has 2 N–H and O–H groups in total. The van der Waals surface area contributed by atoms with E-state index in [1.807, 2.05) is 13.0 Å². The van der Waals surface area contributed by atoms with Crippen molar-refractivity contribution < 1.29 is 9.53 Å². The number of carbonyl (C=O) groups excluding carboxylic acids is 1. The highest BCUT2D eigenvalue weighted by molar-refractivity contribution is 6.00. The third-order valence-electron chi connectivity index (χ3n) is 3.96. The predicted octanol–water partition coefficient (Wildman–Crippen LogP) is 3.62. The van der Waals surface area contributed by atoms with Gasteiger partial charge in [-0.15, -0.1) is 0 Å². The Morgan fingerprint density at radius 3 is 2.67 bits per heavy atom. The molecule has 0 unspecified atom stereocenters. The number of hydrogen-bond donors (Lipinski definition) is 1. The zero-order chi connectivity index (χ0) is 15.6. The molecule has 1 atom stereocenters. The molecule has 0 fully saturated rings. The fourth-order valence-corrected chi connectivity index (χ4v) is 2.76. The maximum absolute atomic E-state index is 12.2. The van der Waals surface area contributed by atoms with E-state index in [0.717, 1.165) is 36.1 Å². The normalized spacial score (nSPS) is 16.3. The lowest BCUT2D eigenvalue weighted by molar-refractivity contribution is 0.0931. The maximum Gasteiger partial charge on any atom is 0.170 e. The van der Waals surface area contributed by atoms with E-state index < -0.39 is 0 Å². The second-order valence-corrected chi connectivity index (χ2v) is 7.16. The average Bonchev–Trinajstić information content (AvgIpc) is 2.37. The number of nitrogens with two attached hydrogens (primary N) is 1. The van der Waals surface area contributed by atoms with Gasteiger partial charge in [0, 0.05) is 18.0 Å². The number of carbonyl (C=O) groups is 1. The minimum absolute atomic E-state index is 0.0289. The number of ketones is 1. The summed E-state index contributed by atoms with van der Waals surface area (Å²) >= 11 is 0. The molecule has 1 aromatic carbocycles. The van der Waals surface area contributed by atoms with Gasteiger partial charge in [0.2, 0.25) is 0 Å². The number of fused-ring (bicyclic) bond motifs is 1. The van der Waals surface area contributed by atoms with Crippen LogP contribution in [-0.2, 0) is 11.8 Å². The minimum atomic E-state index is -0.0289. The van der Waals surface area contributed by atoms with Gasteiger partial charge in [0.05, 0.1) is 12.2 Å². The number of benzene rings is 1. The molecule has 0 bridgehead atoms. The second kappa shape index (κ2) is 6.18. The van der Waals surface area contributed by atoms with Crippen LogP contribution in [0.25, 0.3) is 0 Å². The summed E-state index contributed by atoms with van der Waals surface area (Å²) in [7, 11) is 0. The van der Waals surface area contributed by atoms with Gasteiger partial charge in [-0.3, -0.25) is 4.79 Å². The molecule has 0 radical (unpaired) electrons. The van der Waals surface area contributed by atoms with E-state index >= 15 is 0 Å².